The highest BCUT2D eigenvalue weighted by Gasteiger charge is 2.26. The first-order valence-electron chi connectivity index (χ1n) is 7.72. The van der Waals surface area contributed by atoms with Gasteiger partial charge in [-0.25, -0.2) is 4.98 Å². The average Bonchev–Trinajstić information content (AvgIpc) is 3.01. The minimum absolute atomic E-state index is 0.168. The molecule has 2 saturated heterocycles. The van der Waals surface area contributed by atoms with Gasteiger partial charge < -0.3 is 15.0 Å². The molecule has 2 aliphatic heterocycles. The third-order valence-corrected chi connectivity index (χ3v) is 4.20. The van der Waals surface area contributed by atoms with Gasteiger partial charge in [0.1, 0.15) is 12.7 Å². The third kappa shape index (κ3) is 4.01. The molecule has 1 N–H and O–H groups in total. The molecule has 0 aliphatic carbocycles. The second-order valence-electron chi connectivity index (χ2n) is 5.90. The topological polar surface area (TPSA) is 72.3 Å². The second-order valence-corrected chi connectivity index (χ2v) is 5.90. The highest BCUT2D eigenvalue weighted by molar-refractivity contribution is 5.77. The number of carbonyl (C=O) groups excluding carboxylic acids is 1. The number of morpholine rings is 1. The largest absolute Gasteiger partial charge is 0.378 e. The standard InChI is InChI=1S/C14H23N5O2/c20-14(6-13-9-21-5-3-16-13)18-4-1-2-12(7-18)8-19-11-15-10-17-19/h10-13,16H,1-9H2. The van der Waals surface area contributed by atoms with E-state index in [1.807, 2.05) is 9.58 Å². The molecule has 1 aromatic heterocycles. The summed E-state index contributed by atoms with van der Waals surface area (Å²) in [6, 6.07) is 0.168. The van der Waals surface area contributed by atoms with Crippen LogP contribution in [-0.2, 0) is 16.1 Å². The number of hydrogen-bond donors (Lipinski definition) is 1. The molecule has 0 radical (unpaired) electrons. The Kier molecular flexibility index (Phi) is 4.82. The van der Waals surface area contributed by atoms with Crippen molar-refractivity contribution in [3.8, 4) is 0 Å². The van der Waals surface area contributed by atoms with Crippen molar-refractivity contribution in [3.05, 3.63) is 12.7 Å². The van der Waals surface area contributed by atoms with Crippen LogP contribution in [0.3, 0.4) is 0 Å². The molecule has 2 atom stereocenters. The fourth-order valence-corrected chi connectivity index (χ4v) is 3.12. The van der Waals surface area contributed by atoms with Crippen LogP contribution in [0.4, 0.5) is 0 Å². The summed E-state index contributed by atoms with van der Waals surface area (Å²) in [4.78, 5) is 18.4. The summed E-state index contributed by atoms with van der Waals surface area (Å²) in [5.74, 6) is 0.709. The van der Waals surface area contributed by atoms with Crippen LogP contribution < -0.4 is 5.32 Å². The van der Waals surface area contributed by atoms with Gasteiger partial charge in [-0.15, -0.1) is 0 Å². The number of hydrogen-bond acceptors (Lipinski definition) is 5. The van der Waals surface area contributed by atoms with Crippen LogP contribution in [0, 0.1) is 5.92 Å². The lowest BCUT2D eigenvalue weighted by Gasteiger charge is -2.34. The van der Waals surface area contributed by atoms with Crippen LogP contribution in [0.15, 0.2) is 12.7 Å². The quantitative estimate of drug-likeness (QED) is 0.839. The summed E-state index contributed by atoms with van der Waals surface area (Å²) in [6.45, 7) is 4.77. The van der Waals surface area contributed by atoms with Crippen LogP contribution in [-0.4, -0.2) is 64.5 Å². The lowest BCUT2D eigenvalue weighted by atomic mass is 9.97. The normalized spacial score (nSPS) is 26.8. The number of ether oxygens (including phenoxy) is 1. The number of aromatic nitrogens is 3. The fourth-order valence-electron chi connectivity index (χ4n) is 3.12. The van der Waals surface area contributed by atoms with Crippen LogP contribution >= 0.6 is 0 Å². The molecule has 2 fully saturated rings. The Morgan fingerprint density at radius 2 is 2.43 bits per heavy atom. The molecule has 7 heteroatoms. The van der Waals surface area contributed by atoms with E-state index in [9.17, 15) is 4.79 Å². The first-order valence-corrected chi connectivity index (χ1v) is 7.72. The van der Waals surface area contributed by atoms with Crippen LogP contribution in [0.5, 0.6) is 0 Å². The number of carbonyl (C=O) groups is 1. The predicted molar refractivity (Wildman–Crippen MR) is 76.6 cm³/mol. The Bertz CT molecular complexity index is 444. The fraction of sp³-hybridized carbons (Fsp3) is 0.786. The molecule has 116 valence electrons. The first kappa shape index (κ1) is 14.5. The van der Waals surface area contributed by atoms with Crippen molar-refractivity contribution >= 4 is 5.91 Å². The Labute approximate surface area is 124 Å². The Morgan fingerprint density at radius 1 is 1.48 bits per heavy atom. The number of piperidine rings is 1. The number of amides is 1. The van der Waals surface area contributed by atoms with Gasteiger partial charge in [0.05, 0.1) is 13.2 Å². The van der Waals surface area contributed by atoms with Gasteiger partial charge in [-0.1, -0.05) is 0 Å². The van der Waals surface area contributed by atoms with E-state index >= 15 is 0 Å². The Balaban J connectivity index is 1.49. The molecule has 3 rings (SSSR count). The van der Waals surface area contributed by atoms with Crippen LogP contribution in [0.25, 0.3) is 0 Å². The zero-order valence-electron chi connectivity index (χ0n) is 12.3. The van der Waals surface area contributed by atoms with Gasteiger partial charge in [0, 0.05) is 38.6 Å². The average molecular weight is 293 g/mol. The van der Waals surface area contributed by atoms with E-state index in [-0.39, 0.29) is 11.9 Å². The van der Waals surface area contributed by atoms with E-state index in [1.54, 1.807) is 12.7 Å². The Hall–Kier alpha value is -1.47. The van der Waals surface area contributed by atoms with Crippen molar-refractivity contribution in [1.29, 1.82) is 0 Å². The maximum atomic E-state index is 12.4. The monoisotopic (exact) mass is 293 g/mol. The first-order chi connectivity index (χ1) is 10.3. The third-order valence-electron chi connectivity index (χ3n) is 4.20. The van der Waals surface area contributed by atoms with Gasteiger partial charge in [0.2, 0.25) is 5.91 Å². The molecule has 2 aliphatic rings. The molecule has 0 saturated carbocycles. The number of nitrogens with zero attached hydrogens (tertiary/aromatic N) is 4. The van der Waals surface area contributed by atoms with Crippen molar-refractivity contribution in [3.63, 3.8) is 0 Å². The summed E-state index contributed by atoms with van der Waals surface area (Å²) in [5.41, 5.74) is 0. The minimum Gasteiger partial charge on any atom is -0.378 e. The minimum atomic E-state index is 0.168. The lowest BCUT2D eigenvalue weighted by Crippen LogP contribution is -2.47. The van der Waals surface area contributed by atoms with Gasteiger partial charge in [-0.3, -0.25) is 9.48 Å². The lowest BCUT2D eigenvalue weighted by molar-refractivity contribution is -0.134. The molecule has 0 spiro atoms. The number of rotatable bonds is 4. The van der Waals surface area contributed by atoms with Crippen molar-refractivity contribution in [2.24, 2.45) is 5.92 Å². The van der Waals surface area contributed by atoms with Gasteiger partial charge >= 0.3 is 0 Å². The highest BCUT2D eigenvalue weighted by atomic mass is 16.5. The maximum absolute atomic E-state index is 12.4. The smallest absolute Gasteiger partial charge is 0.224 e. The van der Waals surface area contributed by atoms with Crippen molar-refractivity contribution in [2.75, 3.05) is 32.8 Å². The number of likely N-dealkylation sites (tertiary alicyclic amines) is 1. The van der Waals surface area contributed by atoms with E-state index in [1.165, 1.54) is 0 Å². The Morgan fingerprint density at radius 3 is 3.19 bits per heavy atom. The zero-order chi connectivity index (χ0) is 14.5. The van der Waals surface area contributed by atoms with E-state index < -0.39 is 0 Å². The van der Waals surface area contributed by atoms with Crippen molar-refractivity contribution in [2.45, 2.75) is 31.8 Å². The van der Waals surface area contributed by atoms with E-state index in [0.29, 0.717) is 18.9 Å². The molecule has 0 bridgehead atoms. The number of nitrogens with one attached hydrogen (secondary N) is 1. The van der Waals surface area contributed by atoms with Crippen molar-refractivity contribution in [1.82, 2.24) is 25.0 Å². The van der Waals surface area contributed by atoms with Crippen LogP contribution in [0.1, 0.15) is 19.3 Å². The molecular formula is C14H23N5O2. The molecule has 3 heterocycles. The molecule has 7 nitrogen and oxygen atoms in total. The van der Waals surface area contributed by atoms with Gasteiger partial charge in [0.25, 0.3) is 0 Å². The molecular weight excluding hydrogens is 270 g/mol. The maximum Gasteiger partial charge on any atom is 0.224 e. The van der Waals surface area contributed by atoms with Crippen molar-refractivity contribution < 1.29 is 9.53 Å². The van der Waals surface area contributed by atoms with E-state index in [0.717, 1.165) is 45.6 Å². The SMILES string of the molecule is O=C(CC1COCCN1)N1CCCC(Cn2cncn2)C1. The molecule has 21 heavy (non-hydrogen) atoms. The zero-order valence-corrected chi connectivity index (χ0v) is 12.3. The molecule has 1 amide bonds. The van der Waals surface area contributed by atoms with Gasteiger partial charge in [-0.05, 0) is 18.8 Å². The van der Waals surface area contributed by atoms with Gasteiger partial charge in [0.15, 0.2) is 0 Å². The second kappa shape index (κ2) is 7.00. The summed E-state index contributed by atoms with van der Waals surface area (Å²) in [5, 5.41) is 7.49. The molecule has 0 aromatic carbocycles. The van der Waals surface area contributed by atoms with Crippen LogP contribution in [0.2, 0.25) is 0 Å². The molecule has 1 aromatic rings. The summed E-state index contributed by atoms with van der Waals surface area (Å²) >= 11 is 0. The molecule has 2 unspecified atom stereocenters. The van der Waals surface area contributed by atoms with E-state index in [4.69, 9.17) is 4.74 Å². The summed E-state index contributed by atoms with van der Waals surface area (Å²) in [6.07, 6.45) is 6.05. The predicted octanol–water partition coefficient (Wildman–Crippen LogP) is -0.105. The van der Waals surface area contributed by atoms with E-state index in [2.05, 4.69) is 15.4 Å². The summed E-state index contributed by atoms with van der Waals surface area (Å²) < 4.78 is 7.27. The highest BCUT2D eigenvalue weighted by Crippen LogP contribution is 2.19. The van der Waals surface area contributed by atoms with Gasteiger partial charge in [-0.2, -0.15) is 5.10 Å². The summed E-state index contributed by atoms with van der Waals surface area (Å²) in [7, 11) is 0.